The van der Waals surface area contributed by atoms with Crippen LogP contribution >= 0.6 is 0 Å². The van der Waals surface area contributed by atoms with Crippen LogP contribution < -0.4 is 20.1 Å². The summed E-state index contributed by atoms with van der Waals surface area (Å²) in [5, 5.41) is 5.46. The van der Waals surface area contributed by atoms with E-state index >= 15 is 0 Å². The van der Waals surface area contributed by atoms with Gasteiger partial charge < -0.3 is 20.1 Å². The van der Waals surface area contributed by atoms with E-state index in [-0.39, 0.29) is 24.8 Å². The Labute approximate surface area is 159 Å². The maximum Gasteiger partial charge on any atom is 0.244 e. The second kappa shape index (κ2) is 10.7. The minimum Gasteiger partial charge on any atom is -0.493 e. The van der Waals surface area contributed by atoms with Crippen LogP contribution in [0.25, 0.3) is 6.08 Å². The van der Waals surface area contributed by atoms with E-state index in [1.807, 2.05) is 37.3 Å². The summed E-state index contributed by atoms with van der Waals surface area (Å²) in [5.74, 6) is 0.729. The Morgan fingerprint density at radius 1 is 1.07 bits per heavy atom. The summed E-state index contributed by atoms with van der Waals surface area (Å²) < 4.78 is 10.7. The number of methoxy groups -OCH3 is 1. The standard InChI is InChI=1S/C21H24N2O4/c1-3-27-18-11-10-17(15-19(18)26-2)23-21(25)13-14-22-20(24)12-9-16-7-5-4-6-8-16/h4-12,15H,3,13-14H2,1-2H3,(H,22,24)(H,23,25). The zero-order valence-corrected chi connectivity index (χ0v) is 15.5. The van der Waals surface area contributed by atoms with Gasteiger partial charge in [0.2, 0.25) is 11.8 Å². The number of ether oxygens (including phenoxy) is 2. The molecule has 0 atom stereocenters. The molecule has 0 bridgehead atoms. The van der Waals surface area contributed by atoms with Gasteiger partial charge in [0.25, 0.3) is 0 Å². The Hall–Kier alpha value is -3.28. The average molecular weight is 368 g/mol. The van der Waals surface area contributed by atoms with Crippen molar-refractivity contribution in [3.8, 4) is 11.5 Å². The van der Waals surface area contributed by atoms with Gasteiger partial charge >= 0.3 is 0 Å². The van der Waals surface area contributed by atoms with Crippen LogP contribution in [0.15, 0.2) is 54.6 Å². The van der Waals surface area contributed by atoms with E-state index in [4.69, 9.17) is 9.47 Å². The predicted octanol–water partition coefficient (Wildman–Crippen LogP) is 3.25. The Morgan fingerprint density at radius 2 is 1.85 bits per heavy atom. The van der Waals surface area contributed by atoms with Crippen molar-refractivity contribution >= 4 is 23.6 Å². The lowest BCUT2D eigenvalue weighted by atomic mass is 10.2. The lowest BCUT2D eigenvalue weighted by Crippen LogP contribution is -2.26. The van der Waals surface area contributed by atoms with Crippen LogP contribution in [0.4, 0.5) is 5.69 Å². The minimum absolute atomic E-state index is 0.167. The first-order valence-corrected chi connectivity index (χ1v) is 8.74. The smallest absolute Gasteiger partial charge is 0.244 e. The lowest BCUT2D eigenvalue weighted by Gasteiger charge is -2.11. The summed E-state index contributed by atoms with van der Waals surface area (Å²) in [6.45, 7) is 2.66. The van der Waals surface area contributed by atoms with E-state index in [2.05, 4.69) is 10.6 Å². The number of nitrogens with one attached hydrogen (secondary N) is 2. The average Bonchev–Trinajstić information content (AvgIpc) is 2.68. The summed E-state index contributed by atoms with van der Waals surface area (Å²) in [6.07, 6.45) is 3.34. The molecule has 0 radical (unpaired) electrons. The summed E-state index contributed by atoms with van der Waals surface area (Å²) in [4.78, 5) is 23.8. The second-order valence-electron chi connectivity index (χ2n) is 5.63. The van der Waals surface area contributed by atoms with Gasteiger partial charge in [-0.25, -0.2) is 0 Å². The van der Waals surface area contributed by atoms with Gasteiger partial charge in [-0.05, 0) is 30.7 Å². The van der Waals surface area contributed by atoms with Gasteiger partial charge in [-0.15, -0.1) is 0 Å². The topological polar surface area (TPSA) is 76.7 Å². The quantitative estimate of drug-likeness (QED) is 0.666. The third kappa shape index (κ3) is 6.86. The zero-order valence-electron chi connectivity index (χ0n) is 15.5. The number of hydrogen-bond donors (Lipinski definition) is 2. The van der Waals surface area contributed by atoms with Gasteiger partial charge in [0.15, 0.2) is 11.5 Å². The van der Waals surface area contributed by atoms with Gasteiger partial charge in [-0.1, -0.05) is 30.3 Å². The molecule has 0 spiro atoms. The molecule has 0 aliphatic carbocycles. The number of rotatable bonds is 9. The molecule has 2 N–H and O–H groups in total. The summed E-state index contributed by atoms with van der Waals surface area (Å²) >= 11 is 0. The van der Waals surface area contributed by atoms with Gasteiger partial charge in [0, 0.05) is 30.8 Å². The van der Waals surface area contributed by atoms with Crippen molar-refractivity contribution in [1.82, 2.24) is 5.32 Å². The van der Waals surface area contributed by atoms with Crippen molar-refractivity contribution in [2.24, 2.45) is 0 Å². The third-order valence-corrected chi connectivity index (χ3v) is 3.63. The second-order valence-corrected chi connectivity index (χ2v) is 5.63. The predicted molar refractivity (Wildman–Crippen MR) is 106 cm³/mol. The van der Waals surface area contributed by atoms with Gasteiger partial charge in [0.05, 0.1) is 13.7 Å². The molecule has 142 valence electrons. The molecular weight excluding hydrogens is 344 g/mol. The fourth-order valence-electron chi connectivity index (χ4n) is 2.34. The maximum atomic E-state index is 12.0. The van der Waals surface area contributed by atoms with E-state index in [0.29, 0.717) is 23.8 Å². The van der Waals surface area contributed by atoms with Crippen LogP contribution in [-0.4, -0.2) is 32.1 Å². The molecule has 6 heteroatoms. The molecule has 0 aliphatic heterocycles. The zero-order chi connectivity index (χ0) is 19.5. The number of amides is 2. The Kier molecular flexibility index (Phi) is 7.91. The molecule has 27 heavy (non-hydrogen) atoms. The van der Waals surface area contributed by atoms with Gasteiger partial charge in [-0.3, -0.25) is 9.59 Å². The minimum atomic E-state index is -0.241. The molecule has 2 aromatic carbocycles. The highest BCUT2D eigenvalue weighted by atomic mass is 16.5. The molecule has 0 heterocycles. The van der Waals surface area contributed by atoms with Gasteiger partial charge in [0.1, 0.15) is 0 Å². The van der Waals surface area contributed by atoms with Crippen LogP contribution in [0.3, 0.4) is 0 Å². The molecular formula is C21H24N2O4. The van der Waals surface area contributed by atoms with Crippen LogP contribution in [0.5, 0.6) is 11.5 Å². The molecule has 0 aromatic heterocycles. The van der Waals surface area contributed by atoms with Crippen molar-refractivity contribution in [3.63, 3.8) is 0 Å². The van der Waals surface area contributed by atoms with E-state index in [1.54, 1.807) is 31.4 Å². The molecule has 0 unspecified atom stereocenters. The Balaban J connectivity index is 1.77. The molecule has 2 aromatic rings. The van der Waals surface area contributed by atoms with E-state index in [9.17, 15) is 9.59 Å². The molecule has 2 amide bonds. The SMILES string of the molecule is CCOc1ccc(NC(=O)CCNC(=O)C=Cc2ccccc2)cc1OC. The number of carbonyl (C=O) groups excluding carboxylic acids is 2. The fraction of sp³-hybridized carbons (Fsp3) is 0.238. The normalized spacial score (nSPS) is 10.4. The van der Waals surface area contributed by atoms with E-state index < -0.39 is 0 Å². The first kappa shape index (κ1) is 20.0. The van der Waals surface area contributed by atoms with Crippen LogP contribution in [0.1, 0.15) is 18.9 Å². The maximum absolute atomic E-state index is 12.0. The molecule has 0 aliphatic rings. The first-order chi connectivity index (χ1) is 13.1. The van der Waals surface area contributed by atoms with Crippen molar-refractivity contribution < 1.29 is 19.1 Å². The number of hydrogen-bond acceptors (Lipinski definition) is 4. The highest BCUT2D eigenvalue weighted by molar-refractivity contribution is 5.93. The third-order valence-electron chi connectivity index (χ3n) is 3.63. The Bertz CT molecular complexity index is 788. The van der Waals surface area contributed by atoms with Crippen molar-refractivity contribution in [2.75, 3.05) is 25.6 Å². The van der Waals surface area contributed by atoms with Gasteiger partial charge in [-0.2, -0.15) is 0 Å². The van der Waals surface area contributed by atoms with E-state index in [0.717, 1.165) is 5.56 Å². The molecule has 2 rings (SSSR count). The molecule has 0 saturated heterocycles. The largest absolute Gasteiger partial charge is 0.493 e. The van der Waals surface area contributed by atoms with Crippen molar-refractivity contribution in [3.05, 3.63) is 60.2 Å². The highest BCUT2D eigenvalue weighted by Gasteiger charge is 2.08. The summed E-state index contributed by atoms with van der Waals surface area (Å²) in [6, 6.07) is 14.7. The van der Waals surface area contributed by atoms with Crippen molar-refractivity contribution in [2.45, 2.75) is 13.3 Å². The number of carbonyl (C=O) groups is 2. The van der Waals surface area contributed by atoms with Crippen molar-refractivity contribution in [1.29, 1.82) is 0 Å². The van der Waals surface area contributed by atoms with Crippen LogP contribution in [-0.2, 0) is 9.59 Å². The van der Waals surface area contributed by atoms with Crippen LogP contribution in [0.2, 0.25) is 0 Å². The monoisotopic (exact) mass is 368 g/mol. The van der Waals surface area contributed by atoms with E-state index in [1.165, 1.54) is 6.08 Å². The molecule has 6 nitrogen and oxygen atoms in total. The Morgan fingerprint density at radius 3 is 2.56 bits per heavy atom. The number of anilines is 1. The molecule has 0 fully saturated rings. The highest BCUT2D eigenvalue weighted by Crippen LogP contribution is 2.30. The van der Waals surface area contributed by atoms with Crippen LogP contribution in [0, 0.1) is 0 Å². The molecule has 0 saturated carbocycles. The fourth-order valence-corrected chi connectivity index (χ4v) is 2.34. The first-order valence-electron chi connectivity index (χ1n) is 8.74. The summed E-state index contributed by atoms with van der Waals surface area (Å²) in [5.41, 5.74) is 1.55. The number of benzene rings is 2. The lowest BCUT2D eigenvalue weighted by molar-refractivity contribution is -0.117. The summed E-state index contributed by atoms with van der Waals surface area (Å²) in [7, 11) is 1.54.